The van der Waals surface area contributed by atoms with E-state index in [1.807, 2.05) is 24.3 Å². The Morgan fingerprint density at radius 1 is 1.13 bits per heavy atom. The lowest BCUT2D eigenvalue weighted by molar-refractivity contribution is -0.173. The van der Waals surface area contributed by atoms with Gasteiger partial charge in [0.25, 0.3) is 0 Å². The molecule has 0 saturated heterocycles. The van der Waals surface area contributed by atoms with Crippen LogP contribution < -0.4 is 0 Å². The van der Waals surface area contributed by atoms with E-state index in [0.29, 0.717) is 6.42 Å². The third-order valence-corrected chi connectivity index (χ3v) is 2.24. The molecule has 0 heterocycles. The fraction of sp³-hybridized carbons (Fsp3) is 0.400. The zero-order chi connectivity index (χ0) is 11.3. The van der Waals surface area contributed by atoms with Gasteiger partial charge >= 0.3 is 6.18 Å². The predicted molar refractivity (Wildman–Crippen MR) is 54.7 cm³/mol. The van der Waals surface area contributed by atoms with Crippen LogP contribution in [0.3, 0.4) is 0 Å². The third kappa shape index (κ3) is 5.79. The summed E-state index contributed by atoms with van der Waals surface area (Å²) in [5, 5.41) is 0. The molecule has 0 spiro atoms. The van der Waals surface area contributed by atoms with Crippen LogP contribution in [0, 0.1) is 0 Å². The highest BCUT2D eigenvalue weighted by atomic mass is 79.9. The molecule has 0 bridgehead atoms. The zero-order valence-electron chi connectivity index (χ0n) is 7.85. The van der Waals surface area contributed by atoms with Gasteiger partial charge in [-0.1, -0.05) is 28.1 Å². The maximum atomic E-state index is 11.7. The molecular weight excluding hydrogens is 273 g/mol. The molecule has 1 rings (SSSR count). The number of hydrogen-bond donors (Lipinski definition) is 0. The van der Waals surface area contributed by atoms with Gasteiger partial charge in [-0.05, 0) is 24.1 Å². The lowest BCUT2D eigenvalue weighted by Gasteiger charge is -2.07. The van der Waals surface area contributed by atoms with Crippen LogP contribution in [0.1, 0.15) is 5.56 Å². The molecule has 0 aliphatic carbocycles. The Kier molecular flexibility index (Phi) is 4.60. The molecule has 1 nitrogen and oxygen atoms in total. The molecule has 0 saturated carbocycles. The normalized spacial score (nSPS) is 11.7. The Balaban J connectivity index is 2.23. The molecule has 1 aromatic rings. The second-order valence-corrected chi connectivity index (χ2v) is 3.96. The van der Waals surface area contributed by atoms with Crippen molar-refractivity contribution in [3.63, 3.8) is 0 Å². The summed E-state index contributed by atoms with van der Waals surface area (Å²) in [6.07, 6.45) is -3.75. The van der Waals surface area contributed by atoms with Gasteiger partial charge in [0.2, 0.25) is 0 Å². The van der Waals surface area contributed by atoms with Crippen LogP contribution in [0.15, 0.2) is 28.7 Å². The summed E-state index contributed by atoms with van der Waals surface area (Å²) >= 11 is 3.27. The molecule has 15 heavy (non-hydrogen) atoms. The van der Waals surface area contributed by atoms with E-state index in [2.05, 4.69) is 20.7 Å². The average molecular weight is 283 g/mol. The van der Waals surface area contributed by atoms with Gasteiger partial charge in [0.15, 0.2) is 0 Å². The number of ether oxygens (including phenoxy) is 1. The van der Waals surface area contributed by atoms with Gasteiger partial charge in [0.05, 0.1) is 6.61 Å². The quantitative estimate of drug-likeness (QED) is 0.767. The van der Waals surface area contributed by atoms with E-state index in [1.165, 1.54) is 0 Å². The van der Waals surface area contributed by atoms with Crippen molar-refractivity contribution in [3.05, 3.63) is 34.3 Å². The van der Waals surface area contributed by atoms with Gasteiger partial charge in [-0.15, -0.1) is 0 Å². The van der Waals surface area contributed by atoms with Crippen molar-refractivity contribution < 1.29 is 17.9 Å². The van der Waals surface area contributed by atoms with Crippen LogP contribution in [0.4, 0.5) is 13.2 Å². The van der Waals surface area contributed by atoms with Crippen molar-refractivity contribution in [2.45, 2.75) is 12.6 Å². The third-order valence-electron chi connectivity index (χ3n) is 1.71. The van der Waals surface area contributed by atoms with E-state index in [4.69, 9.17) is 0 Å². The minimum absolute atomic E-state index is 0.0845. The standard InChI is InChI=1S/C10H10BrF3O/c11-9-3-1-8(2-4-9)5-6-15-7-10(12,13)14/h1-4H,5-7H2. The van der Waals surface area contributed by atoms with Gasteiger partial charge in [-0.25, -0.2) is 0 Å². The Bertz CT molecular complexity index is 295. The fourth-order valence-corrected chi connectivity index (χ4v) is 1.29. The SMILES string of the molecule is FC(F)(F)COCCc1ccc(Br)cc1. The Morgan fingerprint density at radius 2 is 1.73 bits per heavy atom. The number of rotatable bonds is 4. The van der Waals surface area contributed by atoms with Crippen LogP contribution in [0.5, 0.6) is 0 Å². The summed E-state index contributed by atoms with van der Waals surface area (Å²) in [5.41, 5.74) is 0.959. The van der Waals surface area contributed by atoms with E-state index in [-0.39, 0.29) is 6.61 Å². The monoisotopic (exact) mass is 282 g/mol. The summed E-state index contributed by atoms with van der Waals surface area (Å²) in [4.78, 5) is 0. The maximum absolute atomic E-state index is 11.7. The molecule has 0 atom stereocenters. The molecule has 1 aromatic carbocycles. The zero-order valence-corrected chi connectivity index (χ0v) is 9.44. The van der Waals surface area contributed by atoms with E-state index in [1.54, 1.807) is 0 Å². The molecular formula is C10H10BrF3O. The van der Waals surface area contributed by atoms with E-state index < -0.39 is 12.8 Å². The van der Waals surface area contributed by atoms with Crippen molar-refractivity contribution in [2.24, 2.45) is 0 Å². The maximum Gasteiger partial charge on any atom is 0.411 e. The lowest BCUT2D eigenvalue weighted by Crippen LogP contribution is -2.17. The smallest absolute Gasteiger partial charge is 0.372 e. The highest BCUT2D eigenvalue weighted by molar-refractivity contribution is 9.10. The highest BCUT2D eigenvalue weighted by Gasteiger charge is 2.27. The van der Waals surface area contributed by atoms with E-state index >= 15 is 0 Å². The van der Waals surface area contributed by atoms with E-state index in [9.17, 15) is 13.2 Å². The van der Waals surface area contributed by atoms with Gasteiger partial charge in [0, 0.05) is 4.47 Å². The lowest BCUT2D eigenvalue weighted by atomic mass is 10.2. The van der Waals surface area contributed by atoms with E-state index in [0.717, 1.165) is 10.0 Å². The number of alkyl halides is 3. The largest absolute Gasteiger partial charge is 0.411 e. The first-order valence-electron chi connectivity index (χ1n) is 4.36. The van der Waals surface area contributed by atoms with Crippen molar-refractivity contribution in [1.29, 1.82) is 0 Å². The van der Waals surface area contributed by atoms with Crippen LogP contribution in [0.2, 0.25) is 0 Å². The molecule has 0 radical (unpaired) electrons. The number of hydrogen-bond acceptors (Lipinski definition) is 1. The Morgan fingerprint density at radius 3 is 2.27 bits per heavy atom. The first-order chi connectivity index (χ1) is 6.97. The molecule has 0 unspecified atom stereocenters. The second kappa shape index (κ2) is 5.51. The fourth-order valence-electron chi connectivity index (χ4n) is 1.03. The van der Waals surface area contributed by atoms with Crippen molar-refractivity contribution in [1.82, 2.24) is 0 Å². The summed E-state index contributed by atoms with van der Waals surface area (Å²) in [6, 6.07) is 7.39. The summed E-state index contributed by atoms with van der Waals surface area (Å²) in [5.74, 6) is 0. The molecule has 0 N–H and O–H groups in total. The summed E-state index contributed by atoms with van der Waals surface area (Å²) in [7, 11) is 0. The summed E-state index contributed by atoms with van der Waals surface area (Å²) < 4.78 is 40.6. The van der Waals surface area contributed by atoms with Crippen LogP contribution in [-0.2, 0) is 11.2 Å². The average Bonchev–Trinajstić information content (AvgIpc) is 2.14. The summed E-state index contributed by atoms with van der Waals surface area (Å²) in [6.45, 7) is -1.09. The van der Waals surface area contributed by atoms with Gasteiger partial charge < -0.3 is 4.74 Å². The first kappa shape index (κ1) is 12.5. The van der Waals surface area contributed by atoms with Crippen LogP contribution >= 0.6 is 15.9 Å². The highest BCUT2D eigenvalue weighted by Crippen LogP contribution is 2.15. The molecule has 0 amide bonds. The molecule has 5 heteroatoms. The molecule has 84 valence electrons. The van der Waals surface area contributed by atoms with Gasteiger partial charge in [-0.2, -0.15) is 13.2 Å². The molecule has 0 aliphatic rings. The van der Waals surface area contributed by atoms with Crippen molar-refractivity contribution in [2.75, 3.05) is 13.2 Å². The first-order valence-corrected chi connectivity index (χ1v) is 5.15. The molecule has 0 fully saturated rings. The molecule has 0 aliphatic heterocycles. The van der Waals surface area contributed by atoms with Crippen molar-refractivity contribution in [3.8, 4) is 0 Å². The number of benzene rings is 1. The van der Waals surface area contributed by atoms with Gasteiger partial charge in [-0.3, -0.25) is 0 Å². The minimum atomic E-state index is -4.24. The predicted octanol–water partition coefficient (Wildman–Crippen LogP) is 3.57. The Hall–Kier alpha value is -0.550. The second-order valence-electron chi connectivity index (χ2n) is 3.04. The Labute approximate surface area is 94.4 Å². The van der Waals surface area contributed by atoms with Crippen LogP contribution in [-0.4, -0.2) is 19.4 Å². The van der Waals surface area contributed by atoms with Crippen molar-refractivity contribution >= 4 is 15.9 Å². The molecule has 0 aromatic heterocycles. The minimum Gasteiger partial charge on any atom is -0.372 e. The topological polar surface area (TPSA) is 9.23 Å². The van der Waals surface area contributed by atoms with Gasteiger partial charge in [0.1, 0.15) is 6.61 Å². The number of halogens is 4. The van der Waals surface area contributed by atoms with Crippen LogP contribution in [0.25, 0.3) is 0 Å².